The van der Waals surface area contributed by atoms with E-state index in [-0.39, 0.29) is 0 Å². The van der Waals surface area contributed by atoms with Gasteiger partial charge in [0.15, 0.2) is 0 Å². The number of aromatic nitrogens is 2. The van der Waals surface area contributed by atoms with E-state index in [1.54, 1.807) is 30.3 Å². The van der Waals surface area contributed by atoms with E-state index in [1.165, 1.54) is 4.68 Å². The molecule has 0 saturated heterocycles. The van der Waals surface area contributed by atoms with Crippen LogP contribution in [0.4, 0.5) is 17.1 Å². The predicted molar refractivity (Wildman–Crippen MR) is 154 cm³/mol. The minimum Gasteiger partial charge on any atom is -0.325 e. The van der Waals surface area contributed by atoms with E-state index in [4.69, 9.17) is 11.6 Å². The summed E-state index contributed by atoms with van der Waals surface area (Å²) in [6.45, 7) is 1.89. The van der Waals surface area contributed by atoms with Gasteiger partial charge in [0.1, 0.15) is 23.5 Å². The predicted octanol–water partition coefficient (Wildman–Crippen LogP) is 8.26. The zero-order chi connectivity index (χ0) is 27.2. The number of carbonyl (C=O) groups excluding carboxylic acids is 2. The molecule has 7 nitrogen and oxygen atoms in total. The van der Waals surface area contributed by atoms with Gasteiger partial charge in [-0.15, -0.1) is 5.11 Å². The molecule has 0 fully saturated rings. The highest BCUT2D eigenvalue weighted by molar-refractivity contribution is 6.30. The lowest BCUT2D eigenvalue weighted by molar-refractivity contribution is -0.115. The maximum atomic E-state index is 13.6. The molecule has 39 heavy (non-hydrogen) atoms. The minimum atomic E-state index is -0.495. The molecule has 5 aromatic rings. The van der Waals surface area contributed by atoms with Crippen LogP contribution in [-0.2, 0) is 4.79 Å². The van der Waals surface area contributed by atoms with Crippen molar-refractivity contribution < 1.29 is 9.59 Å². The van der Waals surface area contributed by atoms with Crippen LogP contribution in [0, 0.1) is 6.92 Å². The molecule has 1 N–H and O–H groups in total. The maximum Gasteiger partial charge on any atom is 0.256 e. The van der Waals surface area contributed by atoms with Crippen molar-refractivity contribution in [2.45, 2.75) is 13.3 Å². The van der Waals surface area contributed by atoms with Gasteiger partial charge in [-0.3, -0.25) is 9.59 Å². The quantitative estimate of drug-likeness (QED) is 0.169. The molecule has 0 unspecified atom stereocenters. The number of amides is 1. The van der Waals surface area contributed by atoms with Gasteiger partial charge >= 0.3 is 0 Å². The summed E-state index contributed by atoms with van der Waals surface area (Å²) in [4.78, 5) is 26.5. The lowest BCUT2D eigenvalue weighted by atomic mass is 10.1. The Kier molecular flexibility index (Phi) is 7.70. The number of hydrogen-bond donors (Lipinski definition) is 1. The van der Waals surface area contributed by atoms with Crippen molar-refractivity contribution in [3.63, 3.8) is 0 Å². The van der Waals surface area contributed by atoms with Crippen LogP contribution in [0.25, 0.3) is 22.5 Å². The maximum absolute atomic E-state index is 13.6. The molecule has 0 saturated carbocycles. The van der Waals surface area contributed by atoms with Crippen molar-refractivity contribution in [3.8, 4) is 22.5 Å². The minimum absolute atomic E-state index is 0.405. The van der Waals surface area contributed by atoms with Crippen LogP contribution in [0.2, 0.25) is 5.02 Å². The smallest absolute Gasteiger partial charge is 0.256 e. The highest BCUT2D eigenvalue weighted by Gasteiger charge is 2.25. The fraction of sp³-hybridized carbons (Fsp3) is 0.0645. The first-order valence-electron chi connectivity index (χ1n) is 12.3. The van der Waals surface area contributed by atoms with Gasteiger partial charge < -0.3 is 5.32 Å². The van der Waals surface area contributed by atoms with Gasteiger partial charge in [-0.05, 0) is 42.8 Å². The third-order valence-electron chi connectivity index (χ3n) is 6.01. The Balaban J connectivity index is 1.59. The van der Waals surface area contributed by atoms with Crippen molar-refractivity contribution >= 4 is 40.5 Å². The van der Waals surface area contributed by atoms with Gasteiger partial charge in [0.2, 0.25) is 5.91 Å². The second kappa shape index (κ2) is 11.7. The summed E-state index contributed by atoms with van der Waals surface area (Å²) in [6.07, 6.45) is -0.405. The first kappa shape index (κ1) is 25.8. The molecule has 5 rings (SSSR count). The molecule has 0 aliphatic heterocycles. The average Bonchev–Trinajstić information content (AvgIpc) is 3.34. The Morgan fingerprint density at radius 2 is 1.41 bits per heavy atom. The number of anilines is 1. The number of hydrogen-bond acceptors (Lipinski definition) is 5. The number of benzene rings is 4. The summed E-state index contributed by atoms with van der Waals surface area (Å²) in [7, 11) is 0. The Morgan fingerprint density at radius 1 is 0.795 bits per heavy atom. The number of halogens is 1. The van der Waals surface area contributed by atoms with Gasteiger partial charge in [-0.1, -0.05) is 90.5 Å². The average molecular weight is 534 g/mol. The number of nitrogens with one attached hydrogen (secondary N) is 1. The molecule has 1 aromatic heterocycles. The van der Waals surface area contributed by atoms with Crippen LogP contribution in [0.1, 0.15) is 16.8 Å². The fourth-order valence-corrected chi connectivity index (χ4v) is 4.19. The van der Waals surface area contributed by atoms with Crippen LogP contribution in [0.15, 0.2) is 119 Å². The summed E-state index contributed by atoms with van der Waals surface area (Å²) in [5.41, 5.74) is 4.95. The highest BCUT2D eigenvalue weighted by Crippen LogP contribution is 2.40. The zero-order valence-corrected chi connectivity index (χ0v) is 21.8. The van der Waals surface area contributed by atoms with Gasteiger partial charge in [0.05, 0.1) is 5.69 Å². The molecule has 4 aromatic carbocycles. The van der Waals surface area contributed by atoms with Crippen LogP contribution < -0.4 is 5.32 Å². The van der Waals surface area contributed by atoms with Crippen molar-refractivity contribution in [1.29, 1.82) is 0 Å². The van der Waals surface area contributed by atoms with E-state index in [0.717, 1.165) is 11.1 Å². The summed E-state index contributed by atoms with van der Waals surface area (Å²) in [5, 5.41) is 17.1. The highest BCUT2D eigenvalue weighted by atomic mass is 35.5. The van der Waals surface area contributed by atoms with Crippen LogP contribution in [0.5, 0.6) is 0 Å². The van der Waals surface area contributed by atoms with Crippen molar-refractivity contribution in [3.05, 3.63) is 120 Å². The van der Waals surface area contributed by atoms with E-state index in [0.29, 0.717) is 39.0 Å². The number of para-hydroxylation sites is 1. The summed E-state index contributed by atoms with van der Waals surface area (Å²) in [6, 6.07) is 33.1. The van der Waals surface area contributed by atoms with Crippen molar-refractivity contribution in [2.75, 3.05) is 5.32 Å². The molecular weight excluding hydrogens is 510 g/mol. The second-order valence-electron chi connectivity index (χ2n) is 8.80. The third-order valence-corrected chi connectivity index (χ3v) is 6.27. The van der Waals surface area contributed by atoms with Crippen LogP contribution in [0.3, 0.4) is 0 Å². The van der Waals surface area contributed by atoms with Gasteiger partial charge in [0.25, 0.3) is 5.91 Å². The standard InChI is InChI=1S/C31H24ClN5O2/c1-21-10-8-9-15-26(21)33-27(38)20-28(39)37-31(23-13-6-3-7-14-23)30(29(36-37)22-11-4-2-5-12-22)35-34-25-18-16-24(32)17-19-25/h2-19H,20H2,1H3,(H,33,38). The number of azo groups is 1. The second-order valence-corrected chi connectivity index (χ2v) is 9.24. The molecule has 1 heterocycles. The molecule has 0 atom stereocenters. The van der Waals surface area contributed by atoms with E-state index >= 15 is 0 Å². The van der Waals surface area contributed by atoms with E-state index in [1.807, 2.05) is 85.8 Å². The van der Waals surface area contributed by atoms with Gasteiger partial charge in [0, 0.05) is 21.8 Å². The molecule has 0 radical (unpaired) electrons. The van der Waals surface area contributed by atoms with E-state index < -0.39 is 18.2 Å². The number of rotatable bonds is 7. The number of carbonyl (C=O) groups is 2. The largest absolute Gasteiger partial charge is 0.325 e. The Hall–Kier alpha value is -4.88. The molecule has 1 amide bonds. The fourth-order valence-electron chi connectivity index (χ4n) is 4.07. The summed E-state index contributed by atoms with van der Waals surface area (Å²) >= 11 is 6.02. The summed E-state index contributed by atoms with van der Waals surface area (Å²) < 4.78 is 1.26. The Bertz CT molecular complexity index is 1650. The molecule has 192 valence electrons. The SMILES string of the molecule is Cc1ccccc1NC(=O)CC(=O)n1nc(-c2ccccc2)c(N=Nc2ccc(Cl)cc2)c1-c1ccccc1. The van der Waals surface area contributed by atoms with E-state index in [2.05, 4.69) is 20.6 Å². The Morgan fingerprint density at radius 3 is 2.08 bits per heavy atom. The first-order valence-corrected chi connectivity index (χ1v) is 12.7. The molecular formula is C31H24ClN5O2. The number of nitrogens with zero attached hydrogens (tertiary/aromatic N) is 4. The first-order chi connectivity index (χ1) is 19.0. The normalized spacial score (nSPS) is 11.0. The van der Waals surface area contributed by atoms with Crippen molar-refractivity contribution in [1.82, 2.24) is 9.78 Å². The third kappa shape index (κ3) is 6.00. The molecule has 0 spiro atoms. The number of aryl methyl sites for hydroxylation is 1. The van der Waals surface area contributed by atoms with Crippen LogP contribution >= 0.6 is 11.6 Å². The van der Waals surface area contributed by atoms with Crippen LogP contribution in [-0.4, -0.2) is 21.6 Å². The Labute approximate surface area is 230 Å². The lowest BCUT2D eigenvalue weighted by Gasteiger charge is -2.09. The molecule has 8 heteroatoms. The van der Waals surface area contributed by atoms with Gasteiger partial charge in [-0.2, -0.15) is 14.9 Å². The van der Waals surface area contributed by atoms with E-state index in [9.17, 15) is 9.59 Å². The lowest BCUT2D eigenvalue weighted by Crippen LogP contribution is -2.22. The van der Waals surface area contributed by atoms with Gasteiger partial charge in [-0.25, -0.2) is 0 Å². The molecule has 0 aliphatic carbocycles. The topological polar surface area (TPSA) is 88.7 Å². The zero-order valence-electron chi connectivity index (χ0n) is 21.1. The van der Waals surface area contributed by atoms with Crippen molar-refractivity contribution in [2.24, 2.45) is 10.2 Å². The molecule has 0 aliphatic rings. The summed E-state index contributed by atoms with van der Waals surface area (Å²) in [5.74, 6) is -0.931. The molecule has 0 bridgehead atoms. The monoisotopic (exact) mass is 533 g/mol.